The van der Waals surface area contributed by atoms with Crippen molar-refractivity contribution in [3.8, 4) is 67.5 Å². The van der Waals surface area contributed by atoms with E-state index in [9.17, 15) is 5.11 Å². The molecule has 8 aromatic rings. The molecule has 0 saturated heterocycles. The van der Waals surface area contributed by atoms with E-state index in [0.717, 1.165) is 83.6 Å². The molecule has 2 heterocycles. The molecule has 8 rings (SSSR count). The average molecular weight is 972 g/mol. The molecule has 0 unspecified atom stereocenters. The van der Waals surface area contributed by atoms with E-state index in [4.69, 9.17) is 15.5 Å². The number of aromatic nitrogens is 3. The number of nitrogens with zero attached hydrogens (tertiary/aromatic N) is 3. The number of para-hydroxylation sites is 1. The Bertz CT molecular complexity index is 3010. The summed E-state index contributed by atoms with van der Waals surface area (Å²) in [5, 5.41) is 12.2. The van der Waals surface area contributed by atoms with Gasteiger partial charge in [0.1, 0.15) is 11.6 Å². The normalized spacial score (nSPS) is 13.3. The molecule has 2 aromatic heterocycles. The van der Waals surface area contributed by atoms with E-state index in [1.165, 1.54) is 0 Å². The fourth-order valence-electron chi connectivity index (χ4n) is 7.86. The molecule has 0 aliphatic heterocycles. The molecule has 0 amide bonds. The van der Waals surface area contributed by atoms with E-state index in [1.54, 1.807) is 18.3 Å². The summed E-state index contributed by atoms with van der Waals surface area (Å²) in [5.41, 5.74) is 13.7. The van der Waals surface area contributed by atoms with Crippen LogP contribution in [0.2, 0.25) is 0 Å². The zero-order chi connectivity index (χ0) is 45.2. The number of aromatic hydroxyl groups is 1. The van der Waals surface area contributed by atoms with Gasteiger partial charge in [-0.05, 0) is 88.6 Å². The van der Waals surface area contributed by atoms with Crippen molar-refractivity contribution < 1.29 is 31.7 Å². The number of hydrogen-bond acceptors (Lipinski definition) is 3. The van der Waals surface area contributed by atoms with Crippen LogP contribution >= 0.6 is 0 Å². The van der Waals surface area contributed by atoms with Crippen LogP contribution in [0.15, 0.2) is 134 Å². The zero-order valence-corrected chi connectivity index (χ0v) is 38.1. The summed E-state index contributed by atoms with van der Waals surface area (Å²) >= 11 is 0. The topological polar surface area (TPSA) is 50.9 Å². The monoisotopic (exact) mass is 971 g/mol. The van der Waals surface area contributed by atoms with Crippen molar-refractivity contribution in [1.29, 1.82) is 0 Å². The Hall–Kier alpha value is -5.57. The number of aryl methyl sites for hydroxylation is 2. The summed E-state index contributed by atoms with van der Waals surface area (Å²) < 4.78 is 34.6. The fraction of sp³-hybridized carbons (Fsp3) is 0.236. The number of rotatable bonds is 7. The second-order valence-corrected chi connectivity index (χ2v) is 18.0. The van der Waals surface area contributed by atoms with Gasteiger partial charge in [-0.25, -0.2) is 4.98 Å². The molecular weight excluding hydrogens is 914 g/mol. The van der Waals surface area contributed by atoms with E-state index in [0.29, 0.717) is 17.0 Å². The van der Waals surface area contributed by atoms with Crippen molar-refractivity contribution in [1.82, 2.24) is 14.5 Å². The van der Waals surface area contributed by atoms with Crippen molar-refractivity contribution in [2.24, 2.45) is 0 Å². The van der Waals surface area contributed by atoms with Crippen LogP contribution < -0.4 is 0 Å². The molecule has 0 radical (unpaired) electrons. The Labute approximate surface area is 376 Å². The van der Waals surface area contributed by atoms with Gasteiger partial charge in [0.05, 0.1) is 22.3 Å². The van der Waals surface area contributed by atoms with Gasteiger partial charge >= 0.3 is 0 Å². The minimum atomic E-state index is -2.18. The third-order valence-electron chi connectivity index (χ3n) is 11.2. The van der Waals surface area contributed by atoms with Crippen LogP contribution in [0, 0.1) is 19.8 Å². The first-order chi connectivity index (χ1) is 29.6. The van der Waals surface area contributed by atoms with Crippen LogP contribution in [0.3, 0.4) is 0 Å². The second kappa shape index (κ2) is 16.5. The molecule has 0 atom stereocenters. The maximum atomic E-state index is 12.2. The summed E-state index contributed by atoms with van der Waals surface area (Å²) in [4.78, 5) is 10.4. The van der Waals surface area contributed by atoms with E-state index >= 15 is 0 Å². The Kier molecular flexibility index (Phi) is 10.3. The van der Waals surface area contributed by atoms with Crippen molar-refractivity contribution in [2.45, 2.75) is 85.9 Å². The molecule has 0 spiro atoms. The maximum Gasteiger partial charge on any atom is 0.148 e. The second-order valence-electron chi connectivity index (χ2n) is 18.0. The summed E-state index contributed by atoms with van der Waals surface area (Å²) in [6.45, 7) is 16.6. The first-order valence-electron chi connectivity index (χ1n) is 22.3. The molecule has 60 heavy (non-hydrogen) atoms. The molecule has 6 aromatic carbocycles. The quantitative estimate of drug-likeness (QED) is 0.162. The van der Waals surface area contributed by atoms with Gasteiger partial charge in [0.2, 0.25) is 0 Å². The fourth-order valence-corrected chi connectivity index (χ4v) is 7.86. The Morgan fingerprint density at radius 3 is 2.10 bits per heavy atom. The Morgan fingerprint density at radius 2 is 1.42 bits per heavy atom. The van der Waals surface area contributed by atoms with Crippen LogP contribution in [0.5, 0.6) is 5.75 Å². The number of fused-ring (bicyclic) bond motifs is 1. The predicted octanol–water partition coefficient (Wildman–Crippen LogP) is 14.6. The van der Waals surface area contributed by atoms with Crippen molar-refractivity contribution in [3.63, 3.8) is 0 Å². The van der Waals surface area contributed by atoms with Crippen LogP contribution in [-0.4, -0.2) is 19.6 Å². The molecule has 4 nitrogen and oxygen atoms in total. The molecule has 0 aliphatic carbocycles. The van der Waals surface area contributed by atoms with Gasteiger partial charge in [-0.3, -0.25) is 9.55 Å². The number of imidazole rings is 1. The maximum absolute atomic E-state index is 12.2. The Morgan fingerprint density at radius 1 is 0.683 bits per heavy atom. The summed E-state index contributed by atoms with van der Waals surface area (Å²) in [5.74, 6) is -0.0419. The molecule has 5 heteroatoms. The van der Waals surface area contributed by atoms with Crippen molar-refractivity contribution >= 4 is 11.0 Å². The third-order valence-corrected chi connectivity index (χ3v) is 11.2. The van der Waals surface area contributed by atoms with Gasteiger partial charge in [0.25, 0.3) is 0 Å². The minimum Gasteiger partial charge on any atom is -0.507 e. The summed E-state index contributed by atoms with van der Waals surface area (Å²) in [6, 6.07) is 45.8. The molecule has 1 N–H and O–H groups in total. The van der Waals surface area contributed by atoms with Crippen LogP contribution in [0.1, 0.15) is 94.6 Å². The van der Waals surface area contributed by atoms with Crippen LogP contribution in [-0.2, 0) is 31.9 Å². The predicted molar refractivity (Wildman–Crippen MR) is 248 cm³/mol. The smallest absolute Gasteiger partial charge is 0.148 e. The van der Waals surface area contributed by atoms with Crippen molar-refractivity contribution in [2.75, 3.05) is 0 Å². The molecule has 0 saturated carbocycles. The molecule has 0 fully saturated rings. The van der Waals surface area contributed by atoms with E-state index in [-0.39, 0.29) is 37.6 Å². The number of pyridine rings is 1. The first kappa shape index (κ1) is 37.4. The van der Waals surface area contributed by atoms with Gasteiger partial charge in [-0.15, -0.1) is 29.3 Å². The molecular formula is C55H54N3OPt-. The molecule has 0 aliphatic rings. The van der Waals surface area contributed by atoms with Gasteiger partial charge in [-0.2, -0.15) is 0 Å². The minimum absolute atomic E-state index is 0. The van der Waals surface area contributed by atoms with Gasteiger partial charge in [-0.1, -0.05) is 157 Å². The molecule has 306 valence electrons. The van der Waals surface area contributed by atoms with Gasteiger partial charge in [0.15, 0.2) is 0 Å². The van der Waals surface area contributed by atoms with E-state index in [2.05, 4.69) is 120 Å². The number of phenols is 1. The summed E-state index contributed by atoms with van der Waals surface area (Å²) in [6.07, 6.45) is 1.78. The number of phenolic OH excluding ortho intramolecular Hbond substituents is 1. The van der Waals surface area contributed by atoms with E-state index in [1.807, 2.05) is 68.4 Å². The van der Waals surface area contributed by atoms with Crippen molar-refractivity contribution in [3.05, 3.63) is 167 Å². The largest absolute Gasteiger partial charge is 0.507 e. The SMILES string of the molecule is [2H]C([2H])([2H])c1ccc(-c2ccnc(-c3[c-]c(-c4cccc5c4nc(-c4cc(C)cc(C(C)(C)C)c4O)n5-c4ccc(C([2H])(C)C)cc4-c4ccccc4)cc(C(C)(C)C)c3)c2)cc1.[Pt]. The van der Waals surface area contributed by atoms with E-state index < -0.39 is 12.7 Å². The third kappa shape index (κ3) is 8.28. The van der Waals surface area contributed by atoms with Crippen LogP contribution in [0.4, 0.5) is 0 Å². The first-order valence-corrected chi connectivity index (χ1v) is 20.3. The Balaban J connectivity index is 0.00000612. The average Bonchev–Trinajstić information content (AvgIpc) is 3.62. The number of hydrogen-bond donors (Lipinski definition) is 1. The number of benzene rings is 6. The summed E-state index contributed by atoms with van der Waals surface area (Å²) in [7, 11) is 0. The zero-order valence-electron chi connectivity index (χ0n) is 39.8. The molecule has 0 bridgehead atoms. The standard InChI is InChI=1S/C55H54N3O.Pt/c1-34(2)39-23-24-49(45(32-39)38-15-12-11-13-16-38)58-50-18-14-17-44(51(50)57-53(58)46-27-36(4)28-47(52(46)59)55(8,9)10)41-29-42(31-43(30-41)54(5,6)7)48-33-40(25-26-56-48)37-21-19-35(3)20-22-37;/h11-28,30-34,59H,1-10H3;/q-1;/i3D3,34D;. The van der Waals surface area contributed by atoms with Gasteiger partial charge < -0.3 is 5.11 Å². The van der Waals surface area contributed by atoms with Crippen LogP contribution in [0.25, 0.3) is 72.7 Å². The van der Waals surface area contributed by atoms with Gasteiger partial charge in [0, 0.05) is 49.6 Å².